The monoisotopic (exact) mass is 425 g/mol. The van der Waals surface area contributed by atoms with Crippen LogP contribution in [0.3, 0.4) is 0 Å². The third kappa shape index (κ3) is 5.89. The average molecular weight is 426 g/mol. The Morgan fingerprint density at radius 3 is 2.73 bits per heavy atom. The molecule has 3 aromatic rings. The molecular weight excluding hydrogens is 405 g/mol. The van der Waals surface area contributed by atoms with Crippen molar-refractivity contribution in [1.82, 2.24) is 14.9 Å². The smallest absolute Gasteiger partial charge is 0.300 e. The van der Waals surface area contributed by atoms with E-state index in [-0.39, 0.29) is 10.9 Å². The van der Waals surface area contributed by atoms with Gasteiger partial charge in [-0.15, -0.1) is 0 Å². The summed E-state index contributed by atoms with van der Waals surface area (Å²) in [6, 6.07) is 9.60. The molecule has 1 amide bonds. The van der Waals surface area contributed by atoms with Crippen molar-refractivity contribution in [1.29, 1.82) is 0 Å². The summed E-state index contributed by atoms with van der Waals surface area (Å²) in [4.78, 5) is 22.7. The summed E-state index contributed by atoms with van der Waals surface area (Å²) in [5, 5.41) is 6.57. The summed E-state index contributed by atoms with van der Waals surface area (Å²) in [6.45, 7) is 0.927. The van der Waals surface area contributed by atoms with Gasteiger partial charge in [0, 0.05) is 23.2 Å². The first-order valence-electron chi connectivity index (χ1n) is 9.34. The fourth-order valence-electron chi connectivity index (χ4n) is 2.73. The normalized spacial score (nSPS) is 10.6. The van der Waals surface area contributed by atoms with Gasteiger partial charge in [0.2, 0.25) is 0 Å². The molecular formula is C22H21ClFN5O. The van der Waals surface area contributed by atoms with Crippen molar-refractivity contribution < 1.29 is 9.18 Å². The van der Waals surface area contributed by atoms with Crippen molar-refractivity contribution in [2.75, 3.05) is 31.3 Å². The maximum Gasteiger partial charge on any atom is 0.300 e. The minimum atomic E-state index is -0.498. The highest BCUT2D eigenvalue weighted by Gasteiger charge is 2.08. The number of nitrogens with one attached hydrogen (secondary N) is 2. The van der Waals surface area contributed by atoms with Gasteiger partial charge in [-0.3, -0.25) is 4.79 Å². The number of aromatic nitrogens is 2. The zero-order chi connectivity index (χ0) is 21.5. The summed E-state index contributed by atoms with van der Waals surface area (Å²) in [7, 11) is 3.99. The molecule has 154 valence electrons. The highest BCUT2D eigenvalue weighted by molar-refractivity contribution is 6.31. The number of carbonyl (C=O) groups excluding carboxylic acids is 1. The average Bonchev–Trinajstić information content (AvgIpc) is 2.70. The van der Waals surface area contributed by atoms with Crippen LogP contribution in [0.2, 0.25) is 5.02 Å². The van der Waals surface area contributed by atoms with E-state index in [0.29, 0.717) is 34.5 Å². The van der Waals surface area contributed by atoms with Gasteiger partial charge >= 0.3 is 0 Å². The first kappa shape index (κ1) is 21.5. The molecule has 3 rings (SSSR count). The standard InChI is InChI=1S/C22H21ClFN5O/c1-29(2)11-5-3-4-6-21(30)27-15-8-10-20-17(12-15)22(26-14-25-20)28-16-7-9-19(24)18(23)13-16/h7-10,12-14H,3,5,11H2,1-2H3,(H,27,30)(H,25,26,28). The lowest BCUT2D eigenvalue weighted by Crippen LogP contribution is -2.12. The topological polar surface area (TPSA) is 70.2 Å². The summed E-state index contributed by atoms with van der Waals surface area (Å²) < 4.78 is 13.4. The van der Waals surface area contributed by atoms with Crippen LogP contribution in [0, 0.1) is 17.7 Å². The van der Waals surface area contributed by atoms with E-state index < -0.39 is 5.82 Å². The van der Waals surface area contributed by atoms with E-state index in [1.54, 1.807) is 24.3 Å². The van der Waals surface area contributed by atoms with Crippen LogP contribution in [0.5, 0.6) is 0 Å². The molecule has 0 aliphatic carbocycles. The Bertz CT molecular complexity index is 1120. The van der Waals surface area contributed by atoms with Gasteiger partial charge in [-0.05, 0) is 69.4 Å². The van der Waals surface area contributed by atoms with Gasteiger partial charge in [-0.2, -0.15) is 0 Å². The number of hydrogen-bond acceptors (Lipinski definition) is 5. The molecule has 0 aliphatic heterocycles. The maximum absolute atomic E-state index is 13.4. The summed E-state index contributed by atoms with van der Waals surface area (Å²) in [6.07, 6.45) is 2.99. The SMILES string of the molecule is CN(C)CCCC#CC(=O)Nc1ccc2ncnc(Nc3ccc(F)c(Cl)c3)c2c1. The van der Waals surface area contributed by atoms with E-state index in [1.165, 1.54) is 18.5 Å². The number of carbonyl (C=O) groups is 1. The van der Waals surface area contributed by atoms with Crippen molar-refractivity contribution in [3.63, 3.8) is 0 Å². The molecule has 0 bridgehead atoms. The fourth-order valence-corrected chi connectivity index (χ4v) is 2.91. The van der Waals surface area contributed by atoms with Crippen LogP contribution in [0.4, 0.5) is 21.6 Å². The zero-order valence-electron chi connectivity index (χ0n) is 16.7. The zero-order valence-corrected chi connectivity index (χ0v) is 17.4. The van der Waals surface area contributed by atoms with Crippen molar-refractivity contribution >= 4 is 45.6 Å². The molecule has 2 aromatic carbocycles. The van der Waals surface area contributed by atoms with Crippen molar-refractivity contribution in [2.45, 2.75) is 12.8 Å². The Labute approximate surface area is 179 Å². The fraction of sp³-hybridized carbons (Fsp3) is 0.227. The molecule has 8 heteroatoms. The van der Waals surface area contributed by atoms with Crippen molar-refractivity contribution in [3.05, 3.63) is 53.6 Å². The number of hydrogen-bond donors (Lipinski definition) is 2. The van der Waals surface area contributed by atoms with Gasteiger partial charge < -0.3 is 15.5 Å². The Balaban J connectivity index is 1.75. The van der Waals surface area contributed by atoms with E-state index in [1.807, 2.05) is 14.1 Å². The van der Waals surface area contributed by atoms with E-state index in [9.17, 15) is 9.18 Å². The van der Waals surface area contributed by atoms with Crippen LogP contribution in [0.1, 0.15) is 12.8 Å². The van der Waals surface area contributed by atoms with Gasteiger partial charge in [0.1, 0.15) is 18.0 Å². The number of nitrogens with zero attached hydrogens (tertiary/aromatic N) is 3. The lowest BCUT2D eigenvalue weighted by Gasteiger charge is -2.10. The van der Waals surface area contributed by atoms with Crippen LogP contribution in [-0.2, 0) is 4.79 Å². The van der Waals surface area contributed by atoms with E-state index in [4.69, 9.17) is 11.6 Å². The van der Waals surface area contributed by atoms with Crippen LogP contribution >= 0.6 is 11.6 Å². The molecule has 0 atom stereocenters. The van der Waals surface area contributed by atoms with Gasteiger partial charge in [0.05, 0.1) is 10.5 Å². The molecule has 2 N–H and O–H groups in total. The van der Waals surface area contributed by atoms with Crippen LogP contribution < -0.4 is 10.6 Å². The van der Waals surface area contributed by atoms with Gasteiger partial charge in [-0.1, -0.05) is 17.5 Å². The number of benzene rings is 2. The molecule has 0 aliphatic rings. The van der Waals surface area contributed by atoms with Crippen LogP contribution in [0.25, 0.3) is 10.9 Å². The van der Waals surface area contributed by atoms with Crippen molar-refractivity contribution in [2.24, 2.45) is 0 Å². The second-order valence-electron chi connectivity index (χ2n) is 6.87. The van der Waals surface area contributed by atoms with E-state index in [2.05, 4.69) is 37.3 Å². The van der Waals surface area contributed by atoms with E-state index in [0.717, 1.165) is 13.0 Å². The number of anilines is 3. The number of fused-ring (bicyclic) bond motifs is 1. The lowest BCUT2D eigenvalue weighted by atomic mass is 10.2. The Morgan fingerprint density at radius 2 is 1.97 bits per heavy atom. The third-order valence-corrected chi connectivity index (χ3v) is 4.47. The second kappa shape index (κ2) is 10.0. The molecule has 0 spiro atoms. The molecule has 0 fully saturated rings. The van der Waals surface area contributed by atoms with Crippen LogP contribution in [0.15, 0.2) is 42.7 Å². The number of rotatable bonds is 6. The highest BCUT2D eigenvalue weighted by Crippen LogP contribution is 2.27. The molecule has 0 saturated heterocycles. The first-order valence-corrected chi connectivity index (χ1v) is 9.71. The Morgan fingerprint density at radius 1 is 1.17 bits per heavy atom. The molecule has 1 heterocycles. The van der Waals surface area contributed by atoms with Gasteiger partial charge in [-0.25, -0.2) is 14.4 Å². The summed E-state index contributed by atoms with van der Waals surface area (Å²) in [5.41, 5.74) is 1.85. The molecule has 6 nitrogen and oxygen atoms in total. The number of amides is 1. The van der Waals surface area contributed by atoms with Crippen LogP contribution in [-0.4, -0.2) is 41.4 Å². The Kier molecular flexibility index (Phi) is 7.17. The predicted molar refractivity (Wildman–Crippen MR) is 118 cm³/mol. The number of unbranched alkanes of at least 4 members (excludes halogenated alkanes) is 1. The third-order valence-electron chi connectivity index (χ3n) is 4.18. The highest BCUT2D eigenvalue weighted by atomic mass is 35.5. The minimum Gasteiger partial charge on any atom is -0.340 e. The molecule has 0 saturated carbocycles. The van der Waals surface area contributed by atoms with Gasteiger partial charge in [0.25, 0.3) is 5.91 Å². The first-order chi connectivity index (χ1) is 14.4. The predicted octanol–water partition coefficient (Wildman–Crippen LogP) is 4.45. The Hall–Kier alpha value is -3.21. The summed E-state index contributed by atoms with van der Waals surface area (Å²) >= 11 is 5.85. The maximum atomic E-state index is 13.4. The molecule has 0 unspecified atom stereocenters. The number of halogens is 2. The quantitative estimate of drug-likeness (QED) is 0.451. The minimum absolute atomic E-state index is 0.00969. The van der Waals surface area contributed by atoms with Crippen molar-refractivity contribution in [3.8, 4) is 11.8 Å². The summed E-state index contributed by atoms with van der Waals surface area (Å²) in [5.74, 6) is 5.12. The second-order valence-corrected chi connectivity index (χ2v) is 7.28. The lowest BCUT2D eigenvalue weighted by molar-refractivity contribution is -0.111. The van der Waals surface area contributed by atoms with Gasteiger partial charge in [0.15, 0.2) is 0 Å². The molecule has 0 radical (unpaired) electrons. The largest absolute Gasteiger partial charge is 0.340 e. The molecule has 1 aromatic heterocycles. The molecule has 30 heavy (non-hydrogen) atoms. The van der Waals surface area contributed by atoms with E-state index >= 15 is 0 Å².